The second kappa shape index (κ2) is 5.74. The summed E-state index contributed by atoms with van der Waals surface area (Å²) in [7, 11) is 0. The van der Waals surface area contributed by atoms with E-state index in [0.29, 0.717) is 12.0 Å². The Morgan fingerprint density at radius 3 is 2.30 bits per heavy atom. The molecule has 0 spiro atoms. The number of benzene rings is 2. The predicted molar refractivity (Wildman–Crippen MR) is 76.1 cm³/mol. The third-order valence-corrected chi connectivity index (χ3v) is 3.38. The fourth-order valence-electron chi connectivity index (χ4n) is 2.21. The molecule has 2 N–H and O–H groups in total. The molecule has 0 saturated carbocycles. The first-order valence-corrected chi connectivity index (χ1v) is 6.42. The number of para-hydroxylation sites is 1. The van der Waals surface area contributed by atoms with Crippen LogP contribution in [0.2, 0.25) is 0 Å². The number of aliphatic carboxylic acids is 1. The summed E-state index contributed by atoms with van der Waals surface area (Å²) in [5.74, 6) is -1.50. The van der Waals surface area contributed by atoms with E-state index in [1.165, 1.54) is 12.1 Å². The Bertz CT molecular complexity index is 600. The van der Waals surface area contributed by atoms with Gasteiger partial charge in [0.2, 0.25) is 0 Å². The van der Waals surface area contributed by atoms with Crippen LogP contribution in [0.3, 0.4) is 0 Å². The number of carbonyl (C=O) groups is 1. The third-order valence-electron chi connectivity index (χ3n) is 3.38. The van der Waals surface area contributed by atoms with E-state index in [4.69, 9.17) is 0 Å². The summed E-state index contributed by atoms with van der Waals surface area (Å²) in [6.45, 7) is 1.76. The van der Waals surface area contributed by atoms with Crippen LogP contribution < -0.4 is 5.32 Å². The Hall–Kier alpha value is -2.36. The number of nitrogens with one attached hydrogen (secondary N) is 1. The molecule has 0 bridgehead atoms. The van der Waals surface area contributed by atoms with Crippen molar-refractivity contribution >= 4 is 11.7 Å². The van der Waals surface area contributed by atoms with Crippen LogP contribution in [0.15, 0.2) is 54.6 Å². The lowest BCUT2D eigenvalue weighted by molar-refractivity contribution is -0.142. The lowest BCUT2D eigenvalue weighted by Gasteiger charge is -2.31. The first-order valence-electron chi connectivity index (χ1n) is 6.42. The van der Waals surface area contributed by atoms with Crippen molar-refractivity contribution < 1.29 is 14.3 Å². The highest BCUT2D eigenvalue weighted by Gasteiger charge is 2.39. The third kappa shape index (κ3) is 2.50. The van der Waals surface area contributed by atoms with Gasteiger partial charge in [-0.25, -0.2) is 9.18 Å². The summed E-state index contributed by atoms with van der Waals surface area (Å²) in [6, 6.07) is 14.9. The minimum Gasteiger partial charge on any atom is -0.479 e. The molecule has 0 aliphatic rings. The van der Waals surface area contributed by atoms with Crippen LogP contribution in [0.4, 0.5) is 10.1 Å². The smallest absolute Gasteiger partial charge is 0.334 e. The lowest BCUT2D eigenvalue weighted by atomic mass is 9.87. The van der Waals surface area contributed by atoms with Crippen LogP contribution in [0.25, 0.3) is 0 Å². The topological polar surface area (TPSA) is 49.3 Å². The van der Waals surface area contributed by atoms with Crippen molar-refractivity contribution in [3.05, 3.63) is 66.0 Å². The number of hydrogen-bond donors (Lipinski definition) is 2. The highest BCUT2D eigenvalue weighted by atomic mass is 19.1. The molecule has 1 unspecified atom stereocenters. The second-order valence-corrected chi connectivity index (χ2v) is 4.53. The standard InChI is InChI=1S/C16H16FNO2/c1-2-16(15(19)20,12-8-4-3-5-9-12)18-14-11-7-6-10-13(14)17/h3-11,18H,2H2,1H3,(H,19,20). The van der Waals surface area contributed by atoms with E-state index in [-0.39, 0.29) is 5.69 Å². The molecule has 2 rings (SSSR count). The van der Waals surface area contributed by atoms with E-state index in [9.17, 15) is 14.3 Å². The van der Waals surface area contributed by atoms with Crippen molar-refractivity contribution in [2.75, 3.05) is 5.32 Å². The predicted octanol–water partition coefficient (Wildman–Crippen LogP) is 3.63. The lowest BCUT2D eigenvalue weighted by Crippen LogP contribution is -2.43. The molecule has 0 radical (unpaired) electrons. The SMILES string of the molecule is CCC(Nc1ccccc1F)(C(=O)O)c1ccccc1. The number of carboxylic acids is 1. The average Bonchev–Trinajstić information content (AvgIpc) is 2.47. The summed E-state index contributed by atoms with van der Waals surface area (Å²) in [5, 5.41) is 12.5. The van der Waals surface area contributed by atoms with E-state index < -0.39 is 17.3 Å². The molecule has 0 aromatic heterocycles. The summed E-state index contributed by atoms with van der Waals surface area (Å²) >= 11 is 0. The van der Waals surface area contributed by atoms with Gasteiger partial charge < -0.3 is 10.4 Å². The highest BCUT2D eigenvalue weighted by molar-refractivity contribution is 5.84. The minimum absolute atomic E-state index is 0.181. The Morgan fingerprint density at radius 2 is 1.75 bits per heavy atom. The molecule has 0 heterocycles. The zero-order valence-electron chi connectivity index (χ0n) is 11.1. The first-order chi connectivity index (χ1) is 9.60. The molecular weight excluding hydrogens is 257 g/mol. The molecule has 0 aliphatic carbocycles. The normalized spacial score (nSPS) is 13.5. The van der Waals surface area contributed by atoms with Crippen molar-refractivity contribution in [1.29, 1.82) is 0 Å². The monoisotopic (exact) mass is 273 g/mol. The van der Waals surface area contributed by atoms with Crippen molar-refractivity contribution in [2.45, 2.75) is 18.9 Å². The van der Waals surface area contributed by atoms with Gasteiger partial charge in [-0.2, -0.15) is 0 Å². The highest BCUT2D eigenvalue weighted by Crippen LogP contribution is 2.31. The Morgan fingerprint density at radius 1 is 1.15 bits per heavy atom. The summed E-state index contributed by atoms with van der Waals surface area (Å²) in [6.07, 6.45) is 0.292. The van der Waals surface area contributed by atoms with Gasteiger partial charge in [0.05, 0.1) is 5.69 Å². The van der Waals surface area contributed by atoms with Gasteiger partial charge >= 0.3 is 5.97 Å². The van der Waals surface area contributed by atoms with Gasteiger partial charge in [0.15, 0.2) is 5.54 Å². The molecular formula is C16H16FNO2. The van der Waals surface area contributed by atoms with Crippen molar-refractivity contribution in [3.63, 3.8) is 0 Å². The molecule has 0 aliphatic heterocycles. The van der Waals surface area contributed by atoms with Crippen LogP contribution in [0, 0.1) is 5.82 Å². The quantitative estimate of drug-likeness (QED) is 0.874. The minimum atomic E-state index is -1.34. The summed E-state index contributed by atoms with van der Waals surface area (Å²) in [4.78, 5) is 11.8. The molecule has 0 saturated heterocycles. The van der Waals surface area contributed by atoms with Gasteiger partial charge in [-0.05, 0) is 24.1 Å². The maximum absolute atomic E-state index is 13.8. The van der Waals surface area contributed by atoms with Crippen LogP contribution in [0.1, 0.15) is 18.9 Å². The molecule has 0 fully saturated rings. The zero-order chi connectivity index (χ0) is 14.6. The van der Waals surface area contributed by atoms with E-state index in [0.717, 1.165) is 0 Å². The van der Waals surface area contributed by atoms with Crippen LogP contribution >= 0.6 is 0 Å². The van der Waals surface area contributed by atoms with E-state index in [1.807, 2.05) is 6.07 Å². The number of hydrogen-bond acceptors (Lipinski definition) is 2. The van der Waals surface area contributed by atoms with Crippen molar-refractivity contribution in [1.82, 2.24) is 0 Å². The Balaban J connectivity index is 2.49. The van der Waals surface area contributed by atoms with Gasteiger partial charge in [-0.15, -0.1) is 0 Å². The molecule has 104 valence electrons. The van der Waals surface area contributed by atoms with E-state index in [1.54, 1.807) is 43.3 Å². The summed E-state index contributed by atoms with van der Waals surface area (Å²) in [5.41, 5.74) is -0.567. The van der Waals surface area contributed by atoms with Gasteiger partial charge in [-0.1, -0.05) is 49.4 Å². The van der Waals surface area contributed by atoms with E-state index in [2.05, 4.69) is 5.32 Å². The first kappa shape index (κ1) is 14.1. The molecule has 20 heavy (non-hydrogen) atoms. The molecule has 2 aromatic rings. The molecule has 4 heteroatoms. The van der Waals surface area contributed by atoms with Crippen LogP contribution in [0.5, 0.6) is 0 Å². The maximum atomic E-state index is 13.8. The largest absolute Gasteiger partial charge is 0.479 e. The van der Waals surface area contributed by atoms with Gasteiger partial charge in [0.1, 0.15) is 5.82 Å². The van der Waals surface area contributed by atoms with Gasteiger partial charge in [-0.3, -0.25) is 0 Å². The van der Waals surface area contributed by atoms with E-state index >= 15 is 0 Å². The second-order valence-electron chi connectivity index (χ2n) is 4.53. The van der Waals surface area contributed by atoms with Gasteiger partial charge in [0, 0.05) is 0 Å². The maximum Gasteiger partial charge on any atom is 0.334 e. The number of rotatable bonds is 5. The van der Waals surface area contributed by atoms with Gasteiger partial charge in [0.25, 0.3) is 0 Å². The molecule has 2 aromatic carbocycles. The fraction of sp³-hybridized carbons (Fsp3) is 0.188. The Labute approximate surface area is 117 Å². The van der Waals surface area contributed by atoms with Crippen molar-refractivity contribution in [2.24, 2.45) is 0 Å². The Kier molecular flexibility index (Phi) is 4.03. The van der Waals surface area contributed by atoms with Crippen molar-refractivity contribution in [3.8, 4) is 0 Å². The number of halogens is 1. The number of anilines is 1. The molecule has 1 atom stereocenters. The molecule has 0 amide bonds. The van der Waals surface area contributed by atoms with Crippen LogP contribution in [-0.4, -0.2) is 11.1 Å². The zero-order valence-corrected chi connectivity index (χ0v) is 11.1. The average molecular weight is 273 g/mol. The fourth-order valence-corrected chi connectivity index (χ4v) is 2.21. The number of carboxylic acid groups (broad SMARTS) is 1. The van der Waals surface area contributed by atoms with Crippen LogP contribution in [-0.2, 0) is 10.3 Å². The summed E-state index contributed by atoms with van der Waals surface area (Å²) < 4.78 is 13.8. The molecule has 3 nitrogen and oxygen atoms in total.